The molecule has 0 fully saturated rings. The number of carbonyl (C=O) groups is 1. The summed E-state index contributed by atoms with van der Waals surface area (Å²) in [6, 6.07) is 22.2. The molecule has 7 rings (SSSR count). The third-order valence-electron chi connectivity index (χ3n) is 8.77. The second-order valence-corrected chi connectivity index (χ2v) is 11.9. The smallest absolute Gasteiger partial charge is 0.355 e. The molecule has 1 aliphatic rings. The summed E-state index contributed by atoms with van der Waals surface area (Å²) >= 11 is 7.08. The number of esters is 1. The minimum Gasteiger partial charge on any atom is -0.493 e. The predicted molar refractivity (Wildman–Crippen MR) is 179 cm³/mol. The van der Waals surface area contributed by atoms with Crippen LogP contribution in [0.3, 0.4) is 0 Å². The number of rotatable bonds is 7. The summed E-state index contributed by atoms with van der Waals surface area (Å²) in [4.78, 5) is 18.6. The molecule has 0 amide bonds. The van der Waals surface area contributed by atoms with Crippen molar-refractivity contribution >= 4 is 39.2 Å². The molecule has 0 atom stereocenters. The third-order valence-corrected chi connectivity index (χ3v) is 9.09. The normalized spacial score (nSPS) is 12.9. The average Bonchev–Trinajstić information content (AvgIpc) is 3.51. The van der Waals surface area contributed by atoms with Crippen LogP contribution in [0.15, 0.2) is 72.9 Å². The zero-order chi connectivity index (χ0) is 31.8. The molecule has 9 heteroatoms. The summed E-state index contributed by atoms with van der Waals surface area (Å²) in [7, 11) is 1.92. The van der Waals surface area contributed by atoms with Crippen LogP contribution >= 0.6 is 11.6 Å². The molecule has 3 aromatic heterocycles. The number of aryl methyl sites for hydroxylation is 2. The van der Waals surface area contributed by atoms with E-state index < -0.39 is 0 Å². The number of pyridine rings is 1. The molecule has 6 aromatic rings. The Balaban J connectivity index is 1.39. The number of hydrogen-bond acceptors (Lipinski definition) is 6. The number of halogens is 1. The van der Waals surface area contributed by atoms with Gasteiger partial charge in [0.05, 0.1) is 54.9 Å². The molecule has 8 nitrogen and oxygen atoms in total. The lowest BCUT2D eigenvalue weighted by atomic mass is 9.98. The molecule has 0 N–H and O–H groups in total. The van der Waals surface area contributed by atoms with Gasteiger partial charge in [0.15, 0.2) is 0 Å². The Kier molecular flexibility index (Phi) is 8.23. The summed E-state index contributed by atoms with van der Waals surface area (Å²) in [6.07, 6.45) is 3.06. The Bertz CT molecular complexity index is 2090. The molecular formula is C37H35ClN4O4. The van der Waals surface area contributed by atoms with Crippen LogP contribution in [-0.2, 0) is 42.7 Å². The molecule has 0 aliphatic carbocycles. The van der Waals surface area contributed by atoms with E-state index in [-0.39, 0.29) is 12.6 Å². The molecule has 0 spiro atoms. The van der Waals surface area contributed by atoms with E-state index in [0.717, 1.165) is 66.8 Å². The highest BCUT2D eigenvalue weighted by molar-refractivity contribution is 6.35. The van der Waals surface area contributed by atoms with Gasteiger partial charge in [0.25, 0.3) is 0 Å². The molecule has 1 aliphatic heterocycles. The van der Waals surface area contributed by atoms with Crippen LogP contribution in [0.25, 0.3) is 32.8 Å². The first-order valence-electron chi connectivity index (χ1n) is 15.6. The van der Waals surface area contributed by atoms with Gasteiger partial charge in [-0.15, -0.1) is 0 Å². The summed E-state index contributed by atoms with van der Waals surface area (Å²) < 4.78 is 22.1. The van der Waals surface area contributed by atoms with Crippen molar-refractivity contribution in [3.05, 3.63) is 112 Å². The highest BCUT2D eigenvalue weighted by Gasteiger charge is 2.30. The number of hydrogen-bond donors (Lipinski definition) is 0. The van der Waals surface area contributed by atoms with Gasteiger partial charge < -0.3 is 18.8 Å². The lowest BCUT2D eigenvalue weighted by Gasteiger charge is -2.15. The molecule has 0 radical (unpaired) electrons. The zero-order valence-corrected chi connectivity index (χ0v) is 26.9. The van der Waals surface area contributed by atoms with Crippen LogP contribution in [0.2, 0.25) is 5.02 Å². The Morgan fingerprint density at radius 2 is 1.80 bits per heavy atom. The highest BCUT2D eigenvalue weighted by atomic mass is 35.5. The van der Waals surface area contributed by atoms with Gasteiger partial charge >= 0.3 is 5.97 Å². The topological polar surface area (TPSA) is 80.4 Å². The van der Waals surface area contributed by atoms with Crippen molar-refractivity contribution in [1.82, 2.24) is 19.3 Å². The molecule has 4 heterocycles. The second kappa shape index (κ2) is 12.6. The van der Waals surface area contributed by atoms with E-state index >= 15 is 0 Å². The predicted octanol–water partition coefficient (Wildman–Crippen LogP) is 7.82. The molecule has 46 heavy (non-hydrogen) atoms. The maximum absolute atomic E-state index is 13.9. The zero-order valence-electron chi connectivity index (χ0n) is 26.2. The summed E-state index contributed by atoms with van der Waals surface area (Å²) in [5.74, 6) is 0.478. The Hall–Kier alpha value is -4.66. The molecule has 3 aromatic carbocycles. The van der Waals surface area contributed by atoms with Gasteiger partial charge in [0, 0.05) is 40.8 Å². The van der Waals surface area contributed by atoms with Gasteiger partial charge in [-0.1, -0.05) is 60.1 Å². The van der Waals surface area contributed by atoms with Crippen molar-refractivity contribution < 1.29 is 19.0 Å². The summed E-state index contributed by atoms with van der Waals surface area (Å²) in [6.45, 7) is 5.61. The average molecular weight is 635 g/mol. The van der Waals surface area contributed by atoms with E-state index in [4.69, 9.17) is 30.9 Å². The lowest BCUT2D eigenvalue weighted by Crippen LogP contribution is -2.16. The van der Waals surface area contributed by atoms with Crippen LogP contribution in [0.5, 0.6) is 5.75 Å². The van der Waals surface area contributed by atoms with Crippen molar-refractivity contribution in [2.45, 2.75) is 46.4 Å². The van der Waals surface area contributed by atoms with E-state index in [0.29, 0.717) is 49.9 Å². The lowest BCUT2D eigenvalue weighted by molar-refractivity contribution is 0.0513. The van der Waals surface area contributed by atoms with E-state index in [9.17, 15) is 4.79 Å². The van der Waals surface area contributed by atoms with Crippen molar-refractivity contribution in [1.29, 1.82) is 0 Å². The Labute approximate surface area is 272 Å². The van der Waals surface area contributed by atoms with Crippen molar-refractivity contribution in [3.63, 3.8) is 0 Å². The first-order chi connectivity index (χ1) is 22.5. The molecular weight excluding hydrogens is 600 g/mol. The van der Waals surface area contributed by atoms with Crippen LogP contribution in [0, 0.1) is 6.92 Å². The number of ether oxygens (including phenoxy) is 3. The number of nitrogens with zero attached hydrogens (tertiary/aromatic N) is 4. The maximum Gasteiger partial charge on any atom is 0.355 e. The van der Waals surface area contributed by atoms with Gasteiger partial charge in [-0.05, 0) is 61.4 Å². The minimum absolute atomic E-state index is 0.259. The number of fused-ring (bicyclic) bond motifs is 4. The fourth-order valence-electron chi connectivity index (χ4n) is 6.59. The fraction of sp³-hybridized carbons (Fsp3) is 0.270. The minimum atomic E-state index is -0.370. The van der Waals surface area contributed by atoms with Gasteiger partial charge in [0.1, 0.15) is 11.4 Å². The number of benzene rings is 3. The van der Waals surface area contributed by atoms with Crippen LogP contribution in [-0.4, -0.2) is 38.5 Å². The SMILES string of the molecule is CCOC(=O)c1c(CCCOc2cccc3ccccc23)c2ccc(Cl)c3c2n1Cc1cccnc1COCc1nn(C)c(C)c1-3. The van der Waals surface area contributed by atoms with Gasteiger partial charge in [-0.25, -0.2) is 4.79 Å². The Morgan fingerprint density at radius 1 is 0.978 bits per heavy atom. The van der Waals surface area contributed by atoms with E-state index in [2.05, 4.69) is 27.8 Å². The number of aromatic nitrogens is 4. The monoisotopic (exact) mass is 634 g/mol. The molecule has 0 bridgehead atoms. The highest BCUT2D eigenvalue weighted by Crippen LogP contribution is 2.43. The van der Waals surface area contributed by atoms with Crippen molar-refractivity contribution in [2.24, 2.45) is 7.05 Å². The third kappa shape index (κ3) is 5.31. The number of carbonyl (C=O) groups excluding carboxylic acids is 1. The largest absolute Gasteiger partial charge is 0.493 e. The van der Waals surface area contributed by atoms with Gasteiger partial charge in [-0.3, -0.25) is 9.67 Å². The van der Waals surface area contributed by atoms with E-state index in [1.165, 1.54) is 0 Å². The summed E-state index contributed by atoms with van der Waals surface area (Å²) in [5.41, 5.74) is 7.55. The molecule has 0 saturated carbocycles. The molecule has 0 saturated heterocycles. The molecule has 234 valence electrons. The standard InChI is InChI=1S/C37H35ClN4O4/c1-4-45-37(43)36-27(14-9-19-46-32-15-7-11-24-10-5-6-13-26(24)32)28-16-17-29(38)34-33-23(2)41(3)40-31(33)22-44-21-30-25(12-8-18-39-30)20-42(36)35(28)34/h5-8,10-13,15-18H,4,9,14,19-22H2,1-3H3. The fourth-order valence-corrected chi connectivity index (χ4v) is 6.84. The summed E-state index contributed by atoms with van der Waals surface area (Å²) in [5, 5.41) is 8.55. The van der Waals surface area contributed by atoms with E-state index in [1.54, 1.807) is 6.20 Å². The van der Waals surface area contributed by atoms with Gasteiger partial charge in [-0.2, -0.15) is 5.10 Å². The van der Waals surface area contributed by atoms with Gasteiger partial charge in [0.2, 0.25) is 0 Å². The first kappa shape index (κ1) is 30.0. The van der Waals surface area contributed by atoms with Crippen LogP contribution in [0.1, 0.15) is 52.0 Å². The van der Waals surface area contributed by atoms with Crippen molar-refractivity contribution in [2.75, 3.05) is 13.2 Å². The quantitative estimate of drug-likeness (QED) is 0.132. The van der Waals surface area contributed by atoms with Crippen LogP contribution < -0.4 is 4.74 Å². The second-order valence-electron chi connectivity index (χ2n) is 11.5. The maximum atomic E-state index is 13.9. The first-order valence-corrected chi connectivity index (χ1v) is 16.0. The van der Waals surface area contributed by atoms with Crippen LogP contribution in [0.4, 0.5) is 0 Å². The van der Waals surface area contributed by atoms with Crippen molar-refractivity contribution in [3.8, 4) is 16.9 Å². The Morgan fingerprint density at radius 3 is 2.67 bits per heavy atom. The molecule has 0 unspecified atom stereocenters. The van der Waals surface area contributed by atoms with E-state index in [1.807, 2.05) is 74.1 Å².